The summed E-state index contributed by atoms with van der Waals surface area (Å²) in [5.74, 6) is -0.805. The van der Waals surface area contributed by atoms with E-state index in [1.165, 1.54) is 0 Å². The molecule has 0 aliphatic carbocycles. The number of aliphatic carboxylic acids is 1. The Labute approximate surface area is 109 Å². The quantitative estimate of drug-likeness (QED) is 0.655. The Bertz CT molecular complexity index is 308. The first-order valence-corrected chi connectivity index (χ1v) is 6.35. The third kappa shape index (κ3) is 5.84. The molecule has 2 N–H and O–H groups in total. The van der Waals surface area contributed by atoms with Gasteiger partial charge in [0.1, 0.15) is 6.04 Å². The van der Waals surface area contributed by atoms with Crippen molar-refractivity contribution in [1.29, 1.82) is 0 Å². The zero-order valence-corrected chi connectivity index (χ0v) is 11.8. The van der Waals surface area contributed by atoms with Gasteiger partial charge in [-0.05, 0) is 25.2 Å². The maximum Gasteiger partial charge on any atom is 0.326 e. The molecule has 1 atom stereocenters. The summed E-state index contributed by atoms with van der Waals surface area (Å²) < 4.78 is 0. The van der Waals surface area contributed by atoms with E-state index in [0.717, 1.165) is 6.42 Å². The molecule has 0 fully saturated rings. The molecule has 0 radical (unpaired) electrons. The third-order valence-corrected chi connectivity index (χ3v) is 2.80. The lowest BCUT2D eigenvalue weighted by atomic mass is 9.83. The van der Waals surface area contributed by atoms with Crippen molar-refractivity contribution in [2.75, 3.05) is 0 Å². The molecule has 0 aromatic carbocycles. The van der Waals surface area contributed by atoms with Gasteiger partial charge in [-0.3, -0.25) is 4.79 Å². The van der Waals surface area contributed by atoms with Crippen LogP contribution in [-0.4, -0.2) is 23.0 Å². The summed E-state index contributed by atoms with van der Waals surface area (Å²) in [5.41, 5.74) is -0.546. The van der Waals surface area contributed by atoms with Gasteiger partial charge in [0.05, 0.1) is 0 Å². The van der Waals surface area contributed by atoms with E-state index in [0.29, 0.717) is 18.8 Å². The Morgan fingerprint density at radius 3 is 2.33 bits per heavy atom. The second-order valence-electron chi connectivity index (χ2n) is 5.71. The van der Waals surface area contributed by atoms with Gasteiger partial charge in [0.25, 0.3) is 0 Å². The molecule has 1 unspecified atom stereocenters. The maximum atomic E-state index is 12.1. The first-order valence-electron chi connectivity index (χ1n) is 6.35. The van der Waals surface area contributed by atoms with E-state index >= 15 is 0 Å². The first kappa shape index (κ1) is 16.7. The van der Waals surface area contributed by atoms with Crippen LogP contribution in [0.4, 0.5) is 0 Å². The third-order valence-electron chi connectivity index (χ3n) is 2.80. The minimum atomic E-state index is -0.995. The van der Waals surface area contributed by atoms with Crippen LogP contribution in [0.5, 0.6) is 0 Å². The molecule has 0 saturated heterocycles. The topological polar surface area (TPSA) is 66.4 Å². The minimum Gasteiger partial charge on any atom is -0.480 e. The Balaban J connectivity index is 4.57. The number of hydrogen-bond acceptors (Lipinski definition) is 2. The highest BCUT2D eigenvalue weighted by Crippen LogP contribution is 2.25. The van der Waals surface area contributed by atoms with E-state index in [2.05, 4.69) is 11.9 Å². The summed E-state index contributed by atoms with van der Waals surface area (Å²) in [6, 6.07) is -0.832. The van der Waals surface area contributed by atoms with Gasteiger partial charge in [0, 0.05) is 5.41 Å². The molecule has 0 spiro atoms. The van der Waals surface area contributed by atoms with Gasteiger partial charge in [-0.2, -0.15) is 0 Å². The van der Waals surface area contributed by atoms with Crippen LogP contribution in [0.2, 0.25) is 0 Å². The molecule has 4 nitrogen and oxygen atoms in total. The van der Waals surface area contributed by atoms with Gasteiger partial charge in [-0.25, -0.2) is 4.79 Å². The summed E-state index contributed by atoms with van der Waals surface area (Å²) >= 11 is 0. The summed E-state index contributed by atoms with van der Waals surface area (Å²) in [6.45, 7) is 11.3. The van der Waals surface area contributed by atoms with Crippen molar-refractivity contribution in [3.63, 3.8) is 0 Å². The largest absolute Gasteiger partial charge is 0.480 e. The molecule has 0 aromatic heterocycles. The van der Waals surface area contributed by atoms with Gasteiger partial charge in [-0.15, -0.1) is 6.58 Å². The summed E-state index contributed by atoms with van der Waals surface area (Å²) in [4.78, 5) is 23.1. The number of carboxylic acids is 1. The highest BCUT2D eigenvalue weighted by molar-refractivity contribution is 5.86. The number of amides is 1. The van der Waals surface area contributed by atoms with Crippen LogP contribution in [-0.2, 0) is 9.59 Å². The summed E-state index contributed by atoms with van der Waals surface area (Å²) in [5, 5.41) is 11.7. The van der Waals surface area contributed by atoms with Crippen molar-refractivity contribution in [3.05, 3.63) is 12.7 Å². The zero-order valence-electron chi connectivity index (χ0n) is 11.8. The highest BCUT2D eigenvalue weighted by Gasteiger charge is 2.31. The fourth-order valence-electron chi connectivity index (χ4n) is 2.01. The average Bonchev–Trinajstić information content (AvgIpc) is 2.21. The molecule has 0 aromatic rings. The number of carboxylic acid groups (broad SMARTS) is 1. The molecule has 1 amide bonds. The van der Waals surface area contributed by atoms with Gasteiger partial charge in [0.2, 0.25) is 5.91 Å². The molecule has 104 valence electrons. The molecule has 0 aliphatic heterocycles. The van der Waals surface area contributed by atoms with E-state index in [-0.39, 0.29) is 5.91 Å². The Morgan fingerprint density at radius 2 is 1.94 bits per heavy atom. The molecule has 0 aliphatic rings. The van der Waals surface area contributed by atoms with Crippen LogP contribution in [0, 0.1) is 11.3 Å². The molecular weight excluding hydrogens is 230 g/mol. The van der Waals surface area contributed by atoms with Crippen molar-refractivity contribution in [2.24, 2.45) is 11.3 Å². The van der Waals surface area contributed by atoms with E-state index in [1.807, 2.05) is 27.7 Å². The SMILES string of the molecule is C=CCCC(NC(=O)C(C)(C)CC(C)C)C(=O)O. The van der Waals surface area contributed by atoms with Crippen LogP contribution in [0.1, 0.15) is 47.0 Å². The Hall–Kier alpha value is -1.32. The normalized spacial score (nSPS) is 13.2. The van der Waals surface area contributed by atoms with Crippen molar-refractivity contribution < 1.29 is 14.7 Å². The average molecular weight is 255 g/mol. The lowest BCUT2D eigenvalue weighted by Gasteiger charge is -2.27. The van der Waals surface area contributed by atoms with Crippen LogP contribution in [0.3, 0.4) is 0 Å². The van der Waals surface area contributed by atoms with Gasteiger partial charge < -0.3 is 10.4 Å². The number of rotatable bonds is 8. The first-order chi connectivity index (χ1) is 8.20. The Morgan fingerprint density at radius 1 is 1.39 bits per heavy atom. The molecule has 0 heterocycles. The zero-order chi connectivity index (χ0) is 14.3. The van der Waals surface area contributed by atoms with E-state index < -0.39 is 17.4 Å². The predicted octanol–water partition coefficient (Wildman–Crippen LogP) is 2.59. The predicted molar refractivity (Wildman–Crippen MR) is 72.2 cm³/mol. The summed E-state index contributed by atoms with van der Waals surface area (Å²) in [6.07, 6.45) is 3.33. The molecule has 0 rings (SSSR count). The molecule has 18 heavy (non-hydrogen) atoms. The van der Waals surface area contributed by atoms with E-state index in [9.17, 15) is 9.59 Å². The van der Waals surface area contributed by atoms with Crippen molar-refractivity contribution in [1.82, 2.24) is 5.32 Å². The second-order valence-corrected chi connectivity index (χ2v) is 5.71. The lowest BCUT2D eigenvalue weighted by Crippen LogP contribution is -2.46. The maximum absolute atomic E-state index is 12.1. The fraction of sp³-hybridized carbons (Fsp3) is 0.714. The number of carbonyl (C=O) groups excluding carboxylic acids is 1. The fourth-order valence-corrected chi connectivity index (χ4v) is 2.01. The smallest absolute Gasteiger partial charge is 0.326 e. The number of allylic oxidation sites excluding steroid dienone is 1. The Kier molecular flexibility index (Phi) is 6.66. The van der Waals surface area contributed by atoms with Crippen LogP contribution in [0.25, 0.3) is 0 Å². The minimum absolute atomic E-state index is 0.201. The van der Waals surface area contributed by atoms with E-state index in [4.69, 9.17) is 5.11 Å². The van der Waals surface area contributed by atoms with Crippen molar-refractivity contribution in [3.8, 4) is 0 Å². The molecule has 4 heteroatoms. The number of nitrogens with one attached hydrogen (secondary N) is 1. The van der Waals surface area contributed by atoms with Gasteiger partial charge >= 0.3 is 5.97 Å². The van der Waals surface area contributed by atoms with E-state index in [1.54, 1.807) is 6.08 Å². The van der Waals surface area contributed by atoms with Crippen LogP contribution >= 0.6 is 0 Å². The van der Waals surface area contributed by atoms with Crippen LogP contribution in [0.15, 0.2) is 12.7 Å². The monoisotopic (exact) mass is 255 g/mol. The molecular formula is C14H25NO3. The lowest BCUT2D eigenvalue weighted by molar-refractivity contribution is -0.143. The second kappa shape index (κ2) is 7.19. The highest BCUT2D eigenvalue weighted by atomic mass is 16.4. The number of hydrogen-bond donors (Lipinski definition) is 2. The summed E-state index contributed by atoms with van der Waals surface area (Å²) in [7, 11) is 0. The van der Waals surface area contributed by atoms with Crippen molar-refractivity contribution in [2.45, 2.75) is 53.0 Å². The molecule has 0 saturated carbocycles. The van der Waals surface area contributed by atoms with Crippen LogP contribution < -0.4 is 5.32 Å². The number of carbonyl (C=O) groups is 2. The standard InChI is InChI=1S/C14H25NO3/c1-6-7-8-11(12(16)17)15-13(18)14(4,5)9-10(2)3/h6,10-11H,1,7-9H2,2-5H3,(H,15,18)(H,16,17). The van der Waals surface area contributed by atoms with Gasteiger partial charge in [-0.1, -0.05) is 33.8 Å². The van der Waals surface area contributed by atoms with Gasteiger partial charge in [0.15, 0.2) is 0 Å². The molecule has 0 bridgehead atoms. The van der Waals surface area contributed by atoms with Crippen molar-refractivity contribution >= 4 is 11.9 Å².